The van der Waals surface area contributed by atoms with E-state index < -0.39 is 5.25 Å². The van der Waals surface area contributed by atoms with Crippen LogP contribution in [0, 0.1) is 13.8 Å². The summed E-state index contributed by atoms with van der Waals surface area (Å²) in [4.78, 5) is 26.3. The Balaban J connectivity index is 2.07. The quantitative estimate of drug-likeness (QED) is 0.836. The molecule has 1 unspecified atom stereocenters. The number of aryl methyl sites for hydroxylation is 2. The number of aromatic nitrogens is 3. The molecule has 0 aliphatic rings. The Kier molecular flexibility index (Phi) is 5.20. The molecule has 0 spiro atoms. The minimum Gasteiger partial charge on any atom is -0.325 e. The van der Waals surface area contributed by atoms with Gasteiger partial charge in [-0.1, -0.05) is 29.4 Å². The molecular formula is C14H15ClN4O2S. The summed E-state index contributed by atoms with van der Waals surface area (Å²) in [7, 11) is 0. The van der Waals surface area contributed by atoms with Gasteiger partial charge in [-0.15, -0.1) is 10.2 Å². The van der Waals surface area contributed by atoms with Crippen molar-refractivity contribution in [1.29, 1.82) is 0 Å². The van der Waals surface area contributed by atoms with Crippen molar-refractivity contribution in [3.63, 3.8) is 0 Å². The molecule has 1 aromatic carbocycles. The number of carbonyl (C=O) groups is 1. The molecule has 0 fully saturated rings. The van der Waals surface area contributed by atoms with Crippen LogP contribution in [0.1, 0.15) is 18.2 Å². The molecule has 8 heteroatoms. The van der Waals surface area contributed by atoms with Crippen molar-refractivity contribution in [2.24, 2.45) is 0 Å². The monoisotopic (exact) mass is 338 g/mol. The van der Waals surface area contributed by atoms with Crippen LogP contribution in [-0.2, 0) is 4.79 Å². The van der Waals surface area contributed by atoms with Gasteiger partial charge >= 0.3 is 0 Å². The molecule has 1 atom stereocenters. The zero-order chi connectivity index (χ0) is 16.3. The molecule has 116 valence electrons. The van der Waals surface area contributed by atoms with E-state index in [1.165, 1.54) is 0 Å². The number of anilines is 1. The van der Waals surface area contributed by atoms with Gasteiger partial charge in [-0.25, -0.2) is 0 Å². The van der Waals surface area contributed by atoms with E-state index in [1.807, 2.05) is 13.0 Å². The largest absolute Gasteiger partial charge is 0.325 e. The van der Waals surface area contributed by atoms with Gasteiger partial charge in [0.2, 0.25) is 5.91 Å². The van der Waals surface area contributed by atoms with E-state index in [2.05, 4.69) is 20.5 Å². The minimum atomic E-state index is -0.453. The Morgan fingerprint density at radius 2 is 2.09 bits per heavy atom. The third-order valence-corrected chi connectivity index (χ3v) is 4.16. The number of amides is 1. The Morgan fingerprint density at radius 1 is 1.36 bits per heavy atom. The van der Waals surface area contributed by atoms with Gasteiger partial charge in [-0.2, -0.15) is 0 Å². The lowest BCUT2D eigenvalue weighted by Gasteiger charge is -2.13. The van der Waals surface area contributed by atoms with Crippen molar-refractivity contribution in [1.82, 2.24) is 15.2 Å². The molecule has 1 amide bonds. The SMILES string of the molecule is Cc1ccc(Cl)cc1NC(=O)C(C)Sc1nnc(C)c(=O)[nH]1. The van der Waals surface area contributed by atoms with Crippen LogP contribution in [-0.4, -0.2) is 26.3 Å². The second-order valence-electron chi connectivity index (χ2n) is 4.75. The molecule has 0 saturated heterocycles. The number of H-pyrrole nitrogens is 1. The van der Waals surface area contributed by atoms with Crippen molar-refractivity contribution < 1.29 is 4.79 Å². The molecule has 2 aromatic rings. The maximum atomic E-state index is 12.2. The predicted octanol–water partition coefficient (Wildman–Crippen LogP) is 2.55. The summed E-state index contributed by atoms with van der Waals surface area (Å²) in [6, 6.07) is 5.29. The van der Waals surface area contributed by atoms with Crippen molar-refractivity contribution in [2.75, 3.05) is 5.32 Å². The van der Waals surface area contributed by atoms with E-state index in [-0.39, 0.29) is 17.2 Å². The zero-order valence-electron chi connectivity index (χ0n) is 12.3. The molecule has 1 heterocycles. The van der Waals surface area contributed by atoms with Crippen molar-refractivity contribution in [3.05, 3.63) is 44.8 Å². The summed E-state index contributed by atoms with van der Waals surface area (Å²) in [5.74, 6) is -0.210. The fraction of sp³-hybridized carbons (Fsp3) is 0.286. The maximum absolute atomic E-state index is 12.2. The standard InChI is InChI=1S/C14H15ClN4O2S/c1-7-4-5-10(15)6-11(7)16-13(21)9(3)22-14-17-12(20)8(2)18-19-14/h4-6,9H,1-3H3,(H,16,21)(H,17,19,20). The third-order valence-electron chi connectivity index (χ3n) is 2.96. The molecule has 22 heavy (non-hydrogen) atoms. The summed E-state index contributed by atoms with van der Waals surface area (Å²) in [5.41, 5.74) is 1.55. The van der Waals surface area contributed by atoms with Gasteiger partial charge in [0.1, 0.15) is 5.69 Å². The highest BCUT2D eigenvalue weighted by atomic mass is 35.5. The normalized spacial score (nSPS) is 12.0. The Hall–Kier alpha value is -1.86. The number of hydrogen-bond acceptors (Lipinski definition) is 5. The fourth-order valence-electron chi connectivity index (χ4n) is 1.62. The number of benzene rings is 1. The van der Waals surface area contributed by atoms with Crippen LogP contribution >= 0.6 is 23.4 Å². The number of carbonyl (C=O) groups excluding carboxylic acids is 1. The van der Waals surface area contributed by atoms with Gasteiger partial charge in [0.15, 0.2) is 5.16 Å². The molecule has 6 nitrogen and oxygen atoms in total. The third kappa shape index (κ3) is 4.08. The van der Waals surface area contributed by atoms with Gasteiger partial charge in [-0.3, -0.25) is 14.6 Å². The number of nitrogens with one attached hydrogen (secondary N) is 2. The summed E-state index contributed by atoms with van der Waals surface area (Å²) >= 11 is 7.06. The summed E-state index contributed by atoms with van der Waals surface area (Å²) in [6.07, 6.45) is 0. The van der Waals surface area contributed by atoms with E-state index in [4.69, 9.17) is 11.6 Å². The van der Waals surface area contributed by atoms with Crippen LogP contribution in [0.25, 0.3) is 0 Å². The average Bonchev–Trinajstić information content (AvgIpc) is 2.46. The van der Waals surface area contributed by atoms with E-state index in [1.54, 1.807) is 26.0 Å². The Bertz CT molecular complexity index is 763. The summed E-state index contributed by atoms with van der Waals surface area (Å²) in [5, 5.41) is 10.8. The highest BCUT2D eigenvalue weighted by Gasteiger charge is 2.17. The Labute approximate surface area is 136 Å². The van der Waals surface area contributed by atoms with Crippen molar-refractivity contribution in [2.45, 2.75) is 31.2 Å². The number of thioether (sulfide) groups is 1. The second-order valence-corrected chi connectivity index (χ2v) is 6.52. The maximum Gasteiger partial charge on any atom is 0.273 e. The highest BCUT2D eigenvalue weighted by molar-refractivity contribution is 8.00. The minimum absolute atomic E-state index is 0.210. The highest BCUT2D eigenvalue weighted by Crippen LogP contribution is 2.23. The Morgan fingerprint density at radius 3 is 2.77 bits per heavy atom. The average molecular weight is 339 g/mol. The van der Waals surface area contributed by atoms with E-state index in [9.17, 15) is 9.59 Å². The first-order valence-corrected chi connectivity index (χ1v) is 7.80. The smallest absolute Gasteiger partial charge is 0.273 e. The molecule has 0 radical (unpaired) electrons. The molecule has 0 aliphatic carbocycles. The lowest BCUT2D eigenvalue weighted by atomic mass is 10.2. The topological polar surface area (TPSA) is 87.7 Å². The van der Waals surface area contributed by atoms with Crippen molar-refractivity contribution >= 4 is 35.0 Å². The molecule has 1 aromatic heterocycles. The zero-order valence-corrected chi connectivity index (χ0v) is 13.9. The van der Waals surface area contributed by atoms with Crippen LogP contribution in [0.2, 0.25) is 5.02 Å². The van der Waals surface area contributed by atoms with E-state index >= 15 is 0 Å². The first kappa shape index (κ1) is 16.5. The molecule has 2 rings (SSSR count). The molecule has 0 aliphatic heterocycles. The second kappa shape index (κ2) is 6.93. The first-order valence-electron chi connectivity index (χ1n) is 6.54. The fourth-order valence-corrected chi connectivity index (χ4v) is 2.53. The van der Waals surface area contributed by atoms with Gasteiger partial charge < -0.3 is 5.32 Å². The van der Waals surface area contributed by atoms with Crippen LogP contribution in [0.4, 0.5) is 5.69 Å². The van der Waals surface area contributed by atoms with Gasteiger partial charge in [0, 0.05) is 10.7 Å². The van der Waals surface area contributed by atoms with E-state index in [0.29, 0.717) is 15.9 Å². The van der Waals surface area contributed by atoms with Crippen LogP contribution < -0.4 is 10.9 Å². The molecular weight excluding hydrogens is 324 g/mol. The van der Waals surface area contributed by atoms with Gasteiger partial charge in [-0.05, 0) is 38.5 Å². The molecule has 0 saturated carbocycles. The number of aromatic amines is 1. The number of halogens is 1. The van der Waals surface area contributed by atoms with E-state index in [0.717, 1.165) is 17.3 Å². The first-order chi connectivity index (χ1) is 10.4. The number of nitrogens with zero attached hydrogens (tertiary/aromatic N) is 2. The van der Waals surface area contributed by atoms with Crippen LogP contribution in [0.15, 0.2) is 28.2 Å². The molecule has 2 N–H and O–H groups in total. The summed E-state index contributed by atoms with van der Waals surface area (Å²) in [6.45, 7) is 5.17. The number of hydrogen-bond donors (Lipinski definition) is 2. The predicted molar refractivity (Wildman–Crippen MR) is 87.5 cm³/mol. The van der Waals surface area contributed by atoms with Crippen molar-refractivity contribution in [3.8, 4) is 0 Å². The van der Waals surface area contributed by atoms with Crippen LogP contribution in [0.5, 0.6) is 0 Å². The lowest BCUT2D eigenvalue weighted by Crippen LogP contribution is -2.24. The van der Waals surface area contributed by atoms with Gasteiger partial charge in [0.05, 0.1) is 5.25 Å². The molecule has 0 bridgehead atoms. The number of rotatable bonds is 4. The lowest BCUT2D eigenvalue weighted by molar-refractivity contribution is -0.115. The van der Waals surface area contributed by atoms with Gasteiger partial charge in [0.25, 0.3) is 5.56 Å². The summed E-state index contributed by atoms with van der Waals surface area (Å²) < 4.78 is 0. The van der Waals surface area contributed by atoms with Crippen LogP contribution in [0.3, 0.4) is 0 Å².